The lowest BCUT2D eigenvalue weighted by atomic mass is 9.96. The van der Waals surface area contributed by atoms with Crippen molar-refractivity contribution in [1.82, 2.24) is 4.90 Å². The number of aliphatic carboxylic acids is 1. The van der Waals surface area contributed by atoms with Crippen molar-refractivity contribution in [2.75, 3.05) is 25.5 Å². The van der Waals surface area contributed by atoms with Gasteiger partial charge in [-0.1, -0.05) is 18.2 Å². The summed E-state index contributed by atoms with van der Waals surface area (Å²) in [6.07, 6.45) is 1.12. The minimum atomic E-state index is -0.801. The zero-order chi connectivity index (χ0) is 20.8. The third kappa shape index (κ3) is 5.13. The van der Waals surface area contributed by atoms with E-state index < -0.39 is 5.97 Å². The lowest BCUT2D eigenvalue weighted by Gasteiger charge is -2.30. The average Bonchev–Trinajstić information content (AvgIpc) is 2.74. The molecule has 29 heavy (non-hydrogen) atoms. The largest absolute Gasteiger partial charge is 0.496 e. The highest BCUT2D eigenvalue weighted by Gasteiger charge is 2.27. The Morgan fingerprint density at radius 2 is 1.72 bits per heavy atom. The highest BCUT2D eigenvalue weighted by molar-refractivity contribution is 5.96. The molecule has 1 aliphatic heterocycles. The number of carbonyl (C=O) groups excluding carboxylic acids is 2. The monoisotopic (exact) mass is 396 g/mol. The summed E-state index contributed by atoms with van der Waals surface area (Å²) in [7, 11) is 1.57. The van der Waals surface area contributed by atoms with Crippen LogP contribution in [0.5, 0.6) is 5.75 Å². The molecule has 0 bridgehead atoms. The quantitative estimate of drug-likeness (QED) is 0.783. The van der Waals surface area contributed by atoms with Crippen LogP contribution in [0.25, 0.3) is 0 Å². The van der Waals surface area contributed by atoms with E-state index in [-0.39, 0.29) is 24.2 Å². The number of anilines is 1. The predicted octanol–water partition coefficient (Wildman–Crippen LogP) is 2.81. The van der Waals surface area contributed by atoms with Crippen LogP contribution in [0.15, 0.2) is 48.5 Å². The lowest BCUT2D eigenvalue weighted by Crippen LogP contribution is -2.40. The number of carboxylic acids is 1. The number of carbonyl (C=O) groups is 3. The molecule has 7 heteroatoms. The molecule has 2 amide bonds. The Kier molecular flexibility index (Phi) is 6.49. The van der Waals surface area contributed by atoms with E-state index in [0.717, 1.165) is 5.56 Å². The first-order chi connectivity index (χ1) is 14.0. The van der Waals surface area contributed by atoms with E-state index in [1.165, 1.54) is 0 Å². The number of hydrogen-bond donors (Lipinski definition) is 2. The number of nitrogens with one attached hydrogen (secondary N) is 1. The molecule has 0 saturated carbocycles. The van der Waals surface area contributed by atoms with Crippen molar-refractivity contribution in [2.45, 2.75) is 19.3 Å². The molecule has 7 nitrogen and oxygen atoms in total. The summed E-state index contributed by atoms with van der Waals surface area (Å²) in [5.74, 6) is -0.814. The van der Waals surface area contributed by atoms with Crippen molar-refractivity contribution >= 4 is 23.5 Å². The highest BCUT2D eigenvalue weighted by Crippen LogP contribution is 2.21. The van der Waals surface area contributed by atoms with Gasteiger partial charge in [-0.15, -0.1) is 0 Å². The van der Waals surface area contributed by atoms with Crippen LogP contribution in [-0.2, 0) is 16.0 Å². The van der Waals surface area contributed by atoms with Gasteiger partial charge in [-0.3, -0.25) is 14.4 Å². The fourth-order valence-corrected chi connectivity index (χ4v) is 3.44. The Bertz CT molecular complexity index is 886. The lowest BCUT2D eigenvalue weighted by molar-refractivity contribution is -0.143. The zero-order valence-electron chi connectivity index (χ0n) is 16.3. The van der Waals surface area contributed by atoms with Crippen molar-refractivity contribution in [3.8, 4) is 5.75 Å². The van der Waals surface area contributed by atoms with Gasteiger partial charge in [0, 0.05) is 29.9 Å². The molecule has 0 radical (unpaired) electrons. The number of ether oxygens (including phenoxy) is 1. The first kappa shape index (κ1) is 20.4. The maximum absolute atomic E-state index is 12.6. The first-order valence-corrected chi connectivity index (χ1v) is 9.52. The minimum absolute atomic E-state index is 0.124. The SMILES string of the molecule is COc1ccccc1CC(=O)Nc1ccc(C(=O)N2CCC(C(=O)O)CC2)cc1. The van der Waals surface area contributed by atoms with E-state index in [4.69, 9.17) is 9.84 Å². The van der Waals surface area contributed by atoms with Crippen LogP contribution in [0, 0.1) is 5.92 Å². The molecule has 1 aliphatic rings. The van der Waals surface area contributed by atoms with Gasteiger partial charge in [0.2, 0.25) is 5.91 Å². The molecule has 1 fully saturated rings. The van der Waals surface area contributed by atoms with Crippen molar-refractivity contribution in [1.29, 1.82) is 0 Å². The summed E-state index contributed by atoms with van der Waals surface area (Å²) >= 11 is 0. The van der Waals surface area contributed by atoms with Crippen molar-refractivity contribution in [2.24, 2.45) is 5.92 Å². The number of piperidine rings is 1. The molecule has 0 unspecified atom stereocenters. The van der Waals surface area contributed by atoms with Crippen LogP contribution < -0.4 is 10.1 Å². The predicted molar refractivity (Wildman–Crippen MR) is 108 cm³/mol. The number of methoxy groups -OCH3 is 1. The summed E-state index contributed by atoms with van der Waals surface area (Å²) in [6.45, 7) is 0.875. The van der Waals surface area contributed by atoms with Crippen molar-refractivity contribution in [3.05, 3.63) is 59.7 Å². The molecule has 0 spiro atoms. The fourth-order valence-electron chi connectivity index (χ4n) is 3.44. The summed E-state index contributed by atoms with van der Waals surface area (Å²) in [5, 5.41) is 11.9. The first-order valence-electron chi connectivity index (χ1n) is 9.52. The Morgan fingerprint density at radius 3 is 2.34 bits per heavy atom. The van der Waals surface area contributed by atoms with Gasteiger partial charge in [0.25, 0.3) is 5.91 Å². The second-order valence-electron chi connectivity index (χ2n) is 7.02. The number of amides is 2. The van der Waals surface area contributed by atoms with E-state index in [0.29, 0.717) is 42.9 Å². The summed E-state index contributed by atoms with van der Waals surface area (Å²) in [5.41, 5.74) is 1.91. The summed E-state index contributed by atoms with van der Waals surface area (Å²) in [6, 6.07) is 14.1. The summed E-state index contributed by atoms with van der Waals surface area (Å²) < 4.78 is 5.26. The Hall–Kier alpha value is -3.35. The molecular formula is C22H24N2O5. The molecule has 2 aromatic rings. The Labute approximate surface area is 169 Å². The Morgan fingerprint density at radius 1 is 1.07 bits per heavy atom. The van der Waals surface area contributed by atoms with Gasteiger partial charge in [-0.2, -0.15) is 0 Å². The molecule has 3 rings (SSSR count). The average molecular weight is 396 g/mol. The molecule has 1 heterocycles. The van der Waals surface area contributed by atoms with Crippen LogP contribution in [0.1, 0.15) is 28.8 Å². The smallest absolute Gasteiger partial charge is 0.306 e. The van der Waals surface area contributed by atoms with Gasteiger partial charge in [0.1, 0.15) is 5.75 Å². The van der Waals surface area contributed by atoms with Gasteiger partial charge < -0.3 is 20.1 Å². The van der Waals surface area contributed by atoms with Gasteiger partial charge in [0.05, 0.1) is 19.4 Å². The highest BCUT2D eigenvalue weighted by atomic mass is 16.5. The fraction of sp³-hybridized carbons (Fsp3) is 0.318. The van der Waals surface area contributed by atoms with Crippen LogP contribution in [0.4, 0.5) is 5.69 Å². The maximum atomic E-state index is 12.6. The standard InChI is InChI=1S/C22H24N2O5/c1-29-19-5-3-2-4-17(19)14-20(25)23-18-8-6-15(7-9-18)21(26)24-12-10-16(11-13-24)22(27)28/h2-9,16H,10-14H2,1H3,(H,23,25)(H,27,28). The molecule has 0 atom stereocenters. The number of hydrogen-bond acceptors (Lipinski definition) is 4. The van der Waals surface area contributed by atoms with Gasteiger partial charge in [-0.25, -0.2) is 0 Å². The van der Waals surface area contributed by atoms with Crippen LogP contribution in [0.3, 0.4) is 0 Å². The molecule has 1 saturated heterocycles. The van der Waals surface area contributed by atoms with Gasteiger partial charge in [0.15, 0.2) is 0 Å². The van der Waals surface area contributed by atoms with Crippen LogP contribution in [0.2, 0.25) is 0 Å². The molecule has 2 N–H and O–H groups in total. The van der Waals surface area contributed by atoms with Crippen molar-refractivity contribution in [3.63, 3.8) is 0 Å². The number of para-hydroxylation sites is 1. The molecule has 0 aromatic heterocycles. The molecular weight excluding hydrogens is 372 g/mol. The summed E-state index contributed by atoms with van der Waals surface area (Å²) in [4.78, 5) is 37.6. The van der Waals surface area contributed by atoms with Crippen molar-refractivity contribution < 1.29 is 24.2 Å². The second-order valence-corrected chi connectivity index (χ2v) is 7.02. The topological polar surface area (TPSA) is 95.9 Å². The maximum Gasteiger partial charge on any atom is 0.306 e. The second kappa shape index (κ2) is 9.23. The minimum Gasteiger partial charge on any atom is -0.496 e. The molecule has 0 aliphatic carbocycles. The number of carboxylic acid groups (broad SMARTS) is 1. The van der Waals surface area contributed by atoms with E-state index in [1.807, 2.05) is 24.3 Å². The third-order valence-corrected chi connectivity index (χ3v) is 5.09. The van der Waals surface area contributed by atoms with E-state index in [1.54, 1.807) is 36.3 Å². The number of rotatable bonds is 6. The van der Waals surface area contributed by atoms with Crippen LogP contribution >= 0.6 is 0 Å². The van der Waals surface area contributed by atoms with E-state index in [2.05, 4.69) is 5.32 Å². The zero-order valence-corrected chi connectivity index (χ0v) is 16.3. The molecule has 152 valence electrons. The number of benzene rings is 2. The van der Waals surface area contributed by atoms with E-state index in [9.17, 15) is 14.4 Å². The van der Waals surface area contributed by atoms with Crippen LogP contribution in [-0.4, -0.2) is 48.0 Å². The van der Waals surface area contributed by atoms with Gasteiger partial charge >= 0.3 is 5.97 Å². The Balaban J connectivity index is 1.56. The van der Waals surface area contributed by atoms with E-state index >= 15 is 0 Å². The van der Waals surface area contributed by atoms with Gasteiger partial charge in [-0.05, 0) is 43.2 Å². The molecule has 2 aromatic carbocycles. The number of nitrogens with zero attached hydrogens (tertiary/aromatic N) is 1. The third-order valence-electron chi connectivity index (χ3n) is 5.09. The normalized spacial score (nSPS) is 14.3. The number of likely N-dealkylation sites (tertiary alicyclic amines) is 1.